The molecule has 0 fully saturated rings. The predicted molar refractivity (Wildman–Crippen MR) is 54.4 cm³/mol. The Bertz CT molecular complexity index is 311. The monoisotopic (exact) mass is 174 g/mol. The molecular formula is C12H14O. The van der Waals surface area contributed by atoms with E-state index in [1.54, 1.807) is 6.92 Å². The summed E-state index contributed by atoms with van der Waals surface area (Å²) in [5.74, 6) is 5.91. The van der Waals surface area contributed by atoms with Gasteiger partial charge in [-0.25, -0.2) is 0 Å². The van der Waals surface area contributed by atoms with Gasteiger partial charge in [-0.2, -0.15) is 0 Å². The van der Waals surface area contributed by atoms with E-state index >= 15 is 0 Å². The van der Waals surface area contributed by atoms with Gasteiger partial charge in [0.2, 0.25) is 0 Å². The van der Waals surface area contributed by atoms with Crippen LogP contribution in [-0.2, 0) is 0 Å². The number of aliphatic hydroxyl groups is 1. The van der Waals surface area contributed by atoms with Gasteiger partial charge < -0.3 is 5.11 Å². The molecule has 0 heterocycles. The Morgan fingerprint density at radius 3 is 2.46 bits per heavy atom. The molecule has 1 rings (SSSR count). The zero-order valence-corrected chi connectivity index (χ0v) is 8.04. The molecule has 0 aliphatic heterocycles. The summed E-state index contributed by atoms with van der Waals surface area (Å²) in [6.07, 6.45) is 0.200. The van der Waals surface area contributed by atoms with Crippen LogP contribution in [0.4, 0.5) is 0 Å². The van der Waals surface area contributed by atoms with Gasteiger partial charge in [-0.3, -0.25) is 0 Å². The first kappa shape index (κ1) is 9.83. The van der Waals surface area contributed by atoms with Crippen LogP contribution < -0.4 is 0 Å². The Morgan fingerprint density at radius 2 is 1.92 bits per heavy atom. The first-order valence-electron chi connectivity index (χ1n) is 4.42. The average molecular weight is 174 g/mol. The molecule has 1 aromatic carbocycles. The molecule has 1 N–H and O–H groups in total. The number of rotatable bonds is 1. The van der Waals surface area contributed by atoms with Crippen LogP contribution in [0.3, 0.4) is 0 Å². The highest BCUT2D eigenvalue weighted by atomic mass is 16.3. The van der Waals surface area contributed by atoms with Crippen molar-refractivity contribution in [1.82, 2.24) is 0 Å². The summed E-state index contributed by atoms with van der Waals surface area (Å²) in [5.41, 5.74) is 2.24. The molecule has 0 aliphatic rings. The quantitative estimate of drug-likeness (QED) is 0.646. The van der Waals surface area contributed by atoms with Gasteiger partial charge in [0.05, 0.1) is 6.10 Å². The van der Waals surface area contributed by atoms with E-state index < -0.39 is 0 Å². The van der Waals surface area contributed by atoms with E-state index in [2.05, 4.69) is 11.8 Å². The topological polar surface area (TPSA) is 20.2 Å². The summed E-state index contributed by atoms with van der Waals surface area (Å²) in [7, 11) is 0. The molecule has 0 amide bonds. The molecule has 0 radical (unpaired) electrons. The molecule has 13 heavy (non-hydrogen) atoms. The van der Waals surface area contributed by atoms with Crippen molar-refractivity contribution in [3.8, 4) is 11.8 Å². The molecule has 0 saturated carbocycles. The van der Waals surface area contributed by atoms with Crippen LogP contribution in [0.15, 0.2) is 24.3 Å². The van der Waals surface area contributed by atoms with Crippen LogP contribution >= 0.6 is 0 Å². The van der Waals surface area contributed by atoms with Crippen LogP contribution in [0.5, 0.6) is 0 Å². The van der Waals surface area contributed by atoms with Crippen LogP contribution in [0.25, 0.3) is 0 Å². The zero-order chi connectivity index (χ0) is 9.68. The first-order valence-corrected chi connectivity index (χ1v) is 4.42. The van der Waals surface area contributed by atoms with Crippen molar-refractivity contribution in [2.24, 2.45) is 0 Å². The molecule has 0 aromatic heterocycles. The third-order valence-electron chi connectivity index (χ3n) is 1.68. The van der Waals surface area contributed by atoms with Crippen molar-refractivity contribution >= 4 is 0 Å². The van der Waals surface area contributed by atoms with Crippen molar-refractivity contribution in [3.63, 3.8) is 0 Å². The highest BCUT2D eigenvalue weighted by Crippen LogP contribution is 2.01. The molecular weight excluding hydrogens is 160 g/mol. The normalized spacial score (nSPS) is 11.6. The molecule has 1 aromatic rings. The lowest BCUT2D eigenvalue weighted by Gasteiger charge is -1.94. The lowest BCUT2D eigenvalue weighted by atomic mass is 10.1. The molecule has 68 valence electrons. The Balaban J connectivity index is 2.62. The second-order valence-electron chi connectivity index (χ2n) is 3.22. The number of benzene rings is 1. The minimum Gasteiger partial charge on any atom is -0.392 e. The standard InChI is InChI=1S/C12H14O/c1-10-6-8-12(9-7-10)5-3-4-11(2)13/h6-9,11,13H,4H2,1-2H3. The molecule has 1 unspecified atom stereocenters. The van der Waals surface area contributed by atoms with Crippen LogP contribution in [0.1, 0.15) is 24.5 Å². The lowest BCUT2D eigenvalue weighted by Crippen LogP contribution is -1.95. The maximum Gasteiger partial charge on any atom is 0.0621 e. The van der Waals surface area contributed by atoms with E-state index in [4.69, 9.17) is 5.11 Å². The van der Waals surface area contributed by atoms with Crippen LogP contribution in [0.2, 0.25) is 0 Å². The molecule has 0 saturated heterocycles. The Morgan fingerprint density at radius 1 is 1.31 bits per heavy atom. The van der Waals surface area contributed by atoms with Crippen molar-refractivity contribution in [1.29, 1.82) is 0 Å². The van der Waals surface area contributed by atoms with Gasteiger partial charge in [0, 0.05) is 12.0 Å². The largest absolute Gasteiger partial charge is 0.392 e. The minimum atomic E-state index is -0.335. The van der Waals surface area contributed by atoms with Gasteiger partial charge in [0.15, 0.2) is 0 Å². The minimum absolute atomic E-state index is 0.335. The summed E-state index contributed by atoms with van der Waals surface area (Å²) in [5, 5.41) is 8.97. The summed E-state index contributed by atoms with van der Waals surface area (Å²) in [6.45, 7) is 3.79. The Kier molecular flexibility index (Phi) is 3.54. The molecule has 1 heteroatoms. The predicted octanol–water partition coefficient (Wildman–Crippen LogP) is 2.12. The van der Waals surface area contributed by atoms with E-state index in [-0.39, 0.29) is 6.10 Å². The molecule has 0 bridgehead atoms. The van der Waals surface area contributed by atoms with Gasteiger partial charge in [0.25, 0.3) is 0 Å². The van der Waals surface area contributed by atoms with Gasteiger partial charge in [-0.1, -0.05) is 29.5 Å². The van der Waals surface area contributed by atoms with Crippen LogP contribution in [-0.4, -0.2) is 11.2 Å². The maximum absolute atomic E-state index is 8.97. The smallest absolute Gasteiger partial charge is 0.0621 e. The summed E-state index contributed by atoms with van der Waals surface area (Å²) < 4.78 is 0. The zero-order valence-electron chi connectivity index (χ0n) is 8.04. The summed E-state index contributed by atoms with van der Waals surface area (Å²) >= 11 is 0. The molecule has 0 spiro atoms. The van der Waals surface area contributed by atoms with Gasteiger partial charge in [0.1, 0.15) is 0 Å². The highest BCUT2D eigenvalue weighted by molar-refractivity contribution is 5.35. The van der Waals surface area contributed by atoms with Gasteiger partial charge >= 0.3 is 0 Å². The second-order valence-corrected chi connectivity index (χ2v) is 3.22. The van der Waals surface area contributed by atoms with Gasteiger partial charge in [-0.15, -0.1) is 0 Å². The first-order chi connectivity index (χ1) is 6.18. The Labute approximate surface area is 79.4 Å². The number of hydrogen-bond acceptors (Lipinski definition) is 1. The van der Waals surface area contributed by atoms with Crippen molar-refractivity contribution in [2.45, 2.75) is 26.4 Å². The van der Waals surface area contributed by atoms with Crippen molar-refractivity contribution in [3.05, 3.63) is 35.4 Å². The summed E-state index contributed by atoms with van der Waals surface area (Å²) in [6, 6.07) is 8.05. The molecule has 0 aliphatic carbocycles. The lowest BCUT2D eigenvalue weighted by molar-refractivity contribution is 0.201. The second kappa shape index (κ2) is 4.69. The number of aliphatic hydroxyl groups excluding tert-OH is 1. The number of hydrogen-bond donors (Lipinski definition) is 1. The fourth-order valence-corrected chi connectivity index (χ4v) is 0.938. The summed E-state index contributed by atoms with van der Waals surface area (Å²) in [4.78, 5) is 0. The average Bonchev–Trinajstić information content (AvgIpc) is 2.08. The van der Waals surface area contributed by atoms with E-state index in [1.165, 1.54) is 5.56 Å². The third kappa shape index (κ3) is 3.78. The Hall–Kier alpha value is -1.26. The van der Waals surface area contributed by atoms with Gasteiger partial charge in [-0.05, 0) is 26.0 Å². The van der Waals surface area contributed by atoms with Crippen molar-refractivity contribution < 1.29 is 5.11 Å². The molecule has 1 nitrogen and oxygen atoms in total. The fraction of sp³-hybridized carbons (Fsp3) is 0.333. The van der Waals surface area contributed by atoms with Crippen LogP contribution in [0, 0.1) is 18.8 Å². The SMILES string of the molecule is Cc1ccc(C#CCC(C)O)cc1. The van der Waals surface area contributed by atoms with E-state index in [1.807, 2.05) is 31.2 Å². The van der Waals surface area contributed by atoms with E-state index in [0.717, 1.165) is 5.56 Å². The van der Waals surface area contributed by atoms with E-state index in [9.17, 15) is 0 Å². The maximum atomic E-state index is 8.97. The third-order valence-corrected chi connectivity index (χ3v) is 1.68. The highest BCUT2D eigenvalue weighted by Gasteiger charge is 1.89. The van der Waals surface area contributed by atoms with Crippen molar-refractivity contribution in [2.75, 3.05) is 0 Å². The van der Waals surface area contributed by atoms with E-state index in [0.29, 0.717) is 6.42 Å². The molecule has 1 atom stereocenters. The fourth-order valence-electron chi connectivity index (χ4n) is 0.938. The number of aryl methyl sites for hydroxylation is 1.